The maximum atomic E-state index is 14.6. The van der Waals surface area contributed by atoms with Crippen LogP contribution in [0.15, 0.2) is 97.3 Å². The number of methoxy groups -OCH3 is 2. The molecule has 0 spiro atoms. The van der Waals surface area contributed by atoms with Crippen LogP contribution in [0.4, 0.5) is 9.59 Å². The minimum Gasteiger partial charge on any atom is -0.453 e. The monoisotopic (exact) mass is 920 g/mol. The van der Waals surface area contributed by atoms with E-state index in [-0.39, 0.29) is 36.0 Å². The number of amides is 4. The summed E-state index contributed by atoms with van der Waals surface area (Å²) in [5, 5.41) is 5.66. The third-order valence-corrected chi connectivity index (χ3v) is 16.0. The van der Waals surface area contributed by atoms with Crippen LogP contribution in [0.5, 0.6) is 0 Å². The molecule has 0 radical (unpaired) electrons. The van der Waals surface area contributed by atoms with Gasteiger partial charge in [-0.15, -0.1) is 0 Å². The van der Waals surface area contributed by atoms with Crippen molar-refractivity contribution in [3.05, 3.63) is 131 Å². The number of likely N-dealkylation sites (tertiary alicyclic amines) is 2. The molecule has 0 bridgehead atoms. The van der Waals surface area contributed by atoms with Gasteiger partial charge in [0.15, 0.2) is 0 Å². The van der Waals surface area contributed by atoms with Gasteiger partial charge in [-0.2, -0.15) is 0 Å². The highest BCUT2D eigenvalue weighted by Crippen LogP contribution is 2.49. The molecule has 10 rings (SSSR count). The molecule has 5 aliphatic rings. The van der Waals surface area contributed by atoms with Gasteiger partial charge in [0.1, 0.15) is 23.7 Å². The number of aromatic nitrogens is 4. The lowest BCUT2D eigenvalue weighted by molar-refractivity contribution is -0.138. The Bertz CT molecular complexity index is 2540. The predicted molar refractivity (Wildman–Crippen MR) is 256 cm³/mol. The number of H-pyrrole nitrogens is 2. The second-order valence-electron chi connectivity index (χ2n) is 19.8. The molecule has 5 fully saturated rings. The first kappa shape index (κ1) is 45.3. The SMILES string of the molecule is COC(=O)N[C@@H](C(=O)N1[C@H](c2ncc(-c3ccc(C4CCC(c5cnc([C@@H]6C[C@@H]7CCCC[C@@H]7N6C(=O)[C@H](NC(=O)OC)c6ccccc6)[nH]5)CC4)cc3)[nH]2)C[C@@H]2CCCC[C@@H]21)c1ccccc1. The van der Waals surface area contributed by atoms with Gasteiger partial charge < -0.3 is 39.9 Å². The molecule has 0 unspecified atom stereocenters. The maximum Gasteiger partial charge on any atom is 0.407 e. The lowest BCUT2D eigenvalue weighted by Gasteiger charge is -2.36. The van der Waals surface area contributed by atoms with E-state index in [2.05, 4.69) is 44.9 Å². The van der Waals surface area contributed by atoms with Gasteiger partial charge in [-0.3, -0.25) is 9.59 Å². The Labute approximate surface area is 398 Å². The molecule has 2 saturated heterocycles. The van der Waals surface area contributed by atoms with Gasteiger partial charge in [-0.25, -0.2) is 19.6 Å². The Kier molecular flexibility index (Phi) is 13.4. The van der Waals surface area contributed by atoms with Crippen LogP contribution in [-0.4, -0.2) is 80.0 Å². The average Bonchev–Trinajstić information content (AvgIpc) is 4.23. The van der Waals surface area contributed by atoms with Crippen molar-refractivity contribution in [1.29, 1.82) is 0 Å². The van der Waals surface area contributed by atoms with Crippen molar-refractivity contribution in [2.24, 2.45) is 11.8 Å². The van der Waals surface area contributed by atoms with Crippen molar-refractivity contribution in [3.8, 4) is 11.3 Å². The van der Waals surface area contributed by atoms with E-state index in [0.29, 0.717) is 29.2 Å². The summed E-state index contributed by atoms with van der Waals surface area (Å²) in [6.45, 7) is 0. The van der Waals surface area contributed by atoms with E-state index in [1.165, 1.54) is 19.8 Å². The zero-order valence-electron chi connectivity index (χ0n) is 39.1. The number of benzene rings is 3. The van der Waals surface area contributed by atoms with E-state index in [1.807, 2.05) is 82.9 Å². The van der Waals surface area contributed by atoms with Crippen LogP contribution >= 0.6 is 0 Å². The molecule has 2 aliphatic heterocycles. The summed E-state index contributed by atoms with van der Waals surface area (Å²) in [6, 6.07) is 25.7. The number of imidazole rings is 2. The minimum atomic E-state index is -0.872. The van der Waals surface area contributed by atoms with Crippen LogP contribution < -0.4 is 10.6 Å². The number of carbonyl (C=O) groups excluding carboxylic acids is 4. The predicted octanol–water partition coefficient (Wildman–Crippen LogP) is 10.1. The number of aromatic amines is 2. The van der Waals surface area contributed by atoms with Crippen LogP contribution in [0, 0.1) is 11.8 Å². The van der Waals surface area contributed by atoms with E-state index in [1.54, 1.807) is 0 Å². The molecule has 14 nitrogen and oxygen atoms in total. The summed E-state index contributed by atoms with van der Waals surface area (Å²) in [4.78, 5) is 75.6. The molecule has 2 aromatic heterocycles. The zero-order chi connectivity index (χ0) is 46.7. The van der Waals surface area contributed by atoms with Crippen molar-refractivity contribution >= 4 is 24.0 Å². The second kappa shape index (κ2) is 20.0. The highest BCUT2D eigenvalue weighted by molar-refractivity contribution is 5.88. The van der Waals surface area contributed by atoms with Crippen molar-refractivity contribution in [1.82, 2.24) is 40.4 Å². The van der Waals surface area contributed by atoms with Crippen LogP contribution in [-0.2, 0) is 19.1 Å². The van der Waals surface area contributed by atoms with Crippen molar-refractivity contribution in [2.75, 3.05) is 14.2 Å². The van der Waals surface area contributed by atoms with Gasteiger partial charge in [0.25, 0.3) is 11.8 Å². The molecule has 4 heterocycles. The molecule has 3 aromatic carbocycles. The van der Waals surface area contributed by atoms with Crippen LogP contribution in [0.2, 0.25) is 0 Å². The van der Waals surface area contributed by atoms with E-state index >= 15 is 0 Å². The molecule has 3 aliphatic carbocycles. The van der Waals surface area contributed by atoms with Crippen molar-refractivity contribution < 1.29 is 28.7 Å². The first-order chi connectivity index (χ1) is 33.3. The highest BCUT2D eigenvalue weighted by Gasteiger charge is 2.50. The number of ether oxygens (including phenoxy) is 2. The fraction of sp³-hybridized carbons (Fsp3) is 0.481. The summed E-state index contributed by atoms with van der Waals surface area (Å²) in [7, 11) is 2.64. The van der Waals surface area contributed by atoms with Gasteiger partial charge in [0.2, 0.25) is 0 Å². The number of carbonyl (C=O) groups is 4. The first-order valence-corrected chi connectivity index (χ1v) is 24.9. The normalized spacial score (nSPS) is 26.5. The lowest BCUT2D eigenvalue weighted by atomic mass is 9.77. The molecule has 4 amide bonds. The standard InChI is InChI=1S/C54H64N8O6/c1-67-53(65)59-47(37-13-5-3-6-14-37)51(63)61-43-19-11-9-17-39(43)29-45(61)49-55-31-41(57-49)35-25-21-33(22-26-35)34-23-27-36(28-24-34)42-32-56-50(58-42)46-30-40-18-10-12-20-44(40)62(46)52(64)48(60-54(66)68-2)38-15-7-4-8-16-38/h3-8,13-16,21-22,25-26,31-32,34,36,39-40,43-48H,9-12,17-20,23-24,27-30H2,1-2H3,(H,55,57)(H,56,58)(H,59,65)(H,60,66)/t34?,36?,39-,40-,43-,44-,45-,46-,47+,48+/m0/s1. The Hall–Kier alpha value is -6.44. The zero-order valence-corrected chi connectivity index (χ0v) is 39.1. The van der Waals surface area contributed by atoms with Crippen molar-refractivity contribution in [2.45, 2.75) is 138 Å². The molecule has 356 valence electrons. The van der Waals surface area contributed by atoms with E-state index in [0.717, 1.165) is 124 Å². The summed E-state index contributed by atoms with van der Waals surface area (Å²) >= 11 is 0. The topological polar surface area (TPSA) is 175 Å². The van der Waals surface area contributed by atoms with Gasteiger partial charge in [0.05, 0.1) is 38.2 Å². The van der Waals surface area contributed by atoms with Gasteiger partial charge in [-0.1, -0.05) is 111 Å². The molecule has 5 aromatic rings. The fourth-order valence-electron chi connectivity index (χ4n) is 12.6. The summed E-state index contributed by atoms with van der Waals surface area (Å²) in [5.41, 5.74) is 5.87. The molecule has 3 saturated carbocycles. The Morgan fingerprint density at radius 2 is 1.04 bits per heavy atom. The number of hydrogen-bond donors (Lipinski definition) is 4. The van der Waals surface area contributed by atoms with E-state index in [4.69, 9.17) is 19.4 Å². The number of nitrogens with zero attached hydrogens (tertiary/aromatic N) is 4. The number of alkyl carbamates (subject to hydrolysis) is 2. The summed E-state index contributed by atoms with van der Waals surface area (Å²) in [6.07, 6.45) is 17.0. The van der Waals surface area contributed by atoms with E-state index in [9.17, 15) is 19.2 Å². The van der Waals surface area contributed by atoms with Crippen LogP contribution in [0.1, 0.15) is 160 Å². The minimum absolute atomic E-state index is 0.0827. The van der Waals surface area contributed by atoms with Crippen molar-refractivity contribution in [3.63, 3.8) is 0 Å². The third kappa shape index (κ3) is 9.13. The third-order valence-electron chi connectivity index (χ3n) is 16.0. The number of hydrogen-bond acceptors (Lipinski definition) is 8. The molecule has 14 heteroatoms. The quantitative estimate of drug-likeness (QED) is 0.101. The van der Waals surface area contributed by atoms with Gasteiger partial charge >= 0.3 is 12.2 Å². The smallest absolute Gasteiger partial charge is 0.407 e. The Balaban J connectivity index is 0.804. The summed E-state index contributed by atoms with van der Waals surface area (Å²) < 4.78 is 9.92. The molecular weight excluding hydrogens is 857 g/mol. The molecule has 8 atom stereocenters. The van der Waals surface area contributed by atoms with Crippen LogP contribution in [0.25, 0.3) is 11.3 Å². The fourth-order valence-corrected chi connectivity index (χ4v) is 12.6. The van der Waals surface area contributed by atoms with Gasteiger partial charge in [-0.05, 0) is 104 Å². The number of fused-ring (bicyclic) bond motifs is 2. The van der Waals surface area contributed by atoms with Gasteiger partial charge in [0, 0.05) is 29.9 Å². The Morgan fingerprint density at radius 3 is 1.56 bits per heavy atom. The largest absolute Gasteiger partial charge is 0.453 e. The second-order valence-corrected chi connectivity index (χ2v) is 19.8. The number of rotatable bonds is 11. The number of nitrogens with one attached hydrogen (secondary N) is 4. The molecular formula is C54H64N8O6. The Morgan fingerprint density at radius 1 is 0.574 bits per heavy atom. The average molecular weight is 921 g/mol. The van der Waals surface area contributed by atoms with E-state index < -0.39 is 24.3 Å². The molecule has 68 heavy (non-hydrogen) atoms. The maximum absolute atomic E-state index is 14.6. The highest BCUT2D eigenvalue weighted by atomic mass is 16.5. The summed E-state index contributed by atoms with van der Waals surface area (Å²) in [5.74, 6) is 2.92. The first-order valence-electron chi connectivity index (χ1n) is 24.9. The lowest BCUT2D eigenvalue weighted by Crippen LogP contribution is -2.47. The van der Waals surface area contributed by atoms with Crippen LogP contribution in [0.3, 0.4) is 0 Å². The molecule has 4 N–H and O–H groups in total.